The minimum atomic E-state index is 0.461. The zero-order valence-electron chi connectivity index (χ0n) is 23.2. The van der Waals surface area contributed by atoms with E-state index in [0.717, 1.165) is 62.1 Å². The molecule has 3 nitrogen and oxygen atoms in total. The zero-order valence-corrected chi connectivity index (χ0v) is 23.2. The molecule has 5 rings (SSSR count). The summed E-state index contributed by atoms with van der Waals surface area (Å²) in [7, 11) is 0. The van der Waals surface area contributed by atoms with E-state index in [2.05, 4.69) is 88.3 Å². The van der Waals surface area contributed by atoms with Crippen LogP contribution in [-0.4, -0.2) is 24.4 Å². The molecule has 2 aliphatic heterocycles. The molecule has 1 aliphatic carbocycles. The van der Waals surface area contributed by atoms with Crippen LogP contribution in [0, 0.1) is 11.8 Å². The van der Waals surface area contributed by atoms with Crippen molar-refractivity contribution in [2.24, 2.45) is 16.8 Å². The number of ether oxygens (including phenoxy) is 1. The predicted octanol–water partition coefficient (Wildman–Crippen LogP) is 8.35. The molecular formula is C35H40N2O. The van der Waals surface area contributed by atoms with Gasteiger partial charge in [0, 0.05) is 35.7 Å². The average Bonchev–Trinajstić information content (AvgIpc) is 3.27. The average molecular weight is 505 g/mol. The Morgan fingerprint density at radius 3 is 2.71 bits per heavy atom. The van der Waals surface area contributed by atoms with Crippen molar-refractivity contribution in [3.63, 3.8) is 0 Å². The SMILES string of the molecule is C=CCC1C=C(C2=CC(CCc3ccccc3)CCc3cc(C4=C(C)OCC(C)=C4C)cnc32)C=NCC1. The fourth-order valence-electron chi connectivity index (χ4n) is 5.91. The summed E-state index contributed by atoms with van der Waals surface area (Å²) in [6, 6.07) is 13.2. The molecule has 0 radical (unpaired) electrons. The zero-order chi connectivity index (χ0) is 26.5. The van der Waals surface area contributed by atoms with Crippen molar-refractivity contribution in [1.29, 1.82) is 0 Å². The van der Waals surface area contributed by atoms with E-state index < -0.39 is 0 Å². The summed E-state index contributed by atoms with van der Waals surface area (Å²) in [4.78, 5) is 9.93. The Balaban J connectivity index is 1.54. The molecule has 0 fully saturated rings. The summed E-state index contributed by atoms with van der Waals surface area (Å²) in [5, 5.41) is 0. The number of aryl methyl sites for hydroxylation is 2. The second-order valence-corrected chi connectivity index (χ2v) is 11.0. The highest BCUT2D eigenvalue weighted by Gasteiger charge is 2.24. The normalized spacial score (nSPS) is 21.7. The molecule has 1 aromatic carbocycles. The monoisotopic (exact) mass is 504 g/mol. The highest BCUT2D eigenvalue weighted by Crippen LogP contribution is 2.38. The van der Waals surface area contributed by atoms with Crippen LogP contribution in [0.2, 0.25) is 0 Å². The van der Waals surface area contributed by atoms with E-state index in [-0.39, 0.29) is 0 Å². The lowest BCUT2D eigenvalue weighted by atomic mass is 9.90. The number of rotatable bonds is 7. The van der Waals surface area contributed by atoms with Crippen molar-refractivity contribution in [3.05, 3.63) is 112 Å². The smallest absolute Gasteiger partial charge is 0.109 e. The maximum atomic E-state index is 6.00. The number of allylic oxidation sites excluding steroid dienone is 8. The number of pyridine rings is 1. The number of fused-ring (bicyclic) bond motifs is 1. The van der Waals surface area contributed by atoms with Gasteiger partial charge in [-0.3, -0.25) is 9.98 Å². The molecule has 0 bridgehead atoms. The molecule has 0 saturated carbocycles. The molecule has 0 amide bonds. The third kappa shape index (κ3) is 5.83. The van der Waals surface area contributed by atoms with Gasteiger partial charge >= 0.3 is 0 Å². The number of hydrogen-bond donors (Lipinski definition) is 0. The Hall–Kier alpha value is -3.46. The van der Waals surface area contributed by atoms with Crippen molar-refractivity contribution in [1.82, 2.24) is 4.98 Å². The van der Waals surface area contributed by atoms with E-state index in [1.807, 2.05) is 6.08 Å². The number of benzene rings is 1. The van der Waals surface area contributed by atoms with E-state index >= 15 is 0 Å². The first-order chi connectivity index (χ1) is 18.5. The van der Waals surface area contributed by atoms with Crippen LogP contribution >= 0.6 is 0 Å². The Kier molecular flexibility index (Phi) is 8.22. The van der Waals surface area contributed by atoms with Crippen molar-refractivity contribution >= 4 is 17.4 Å². The first kappa shape index (κ1) is 26.2. The van der Waals surface area contributed by atoms with E-state index in [1.54, 1.807) is 0 Å². The molecule has 3 aliphatic rings. The van der Waals surface area contributed by atoms with Crippen LogP contribution in [-0.2, 0) is 17.6 Å². The number of hydrogen-bond acceptors (Lipinski definition) is 3. The molecule has 0 saturated heterocycles. The van der Waals surface area contributed by atoms with Gasteiger partial charge in [0.05, 0.1) is 5.69 Å². The lowest BCUT2D eigenvalue weighted by molar-refractivity contribution is 0.238. The molecule has 3 heteroatoms. The van der Waals surface area contributed by atoms with Gasteiger partial charge in [0.1, 0.15) is 12.4 Å². The third-order valence-corrected chi connectivity index (χ3v) is 8.27. The lowest BCUT2D eigenvalue weighted by Gasteiger charge is -2.23. The largest absolute Gasteiger partial charge is 0.493 e. The molecule has 0 N–H and O–H groups in total. The molecule has 196 valence electrons. The highest BCUT2D eigenvalue weighted by molar-refractivity contribution is 6.01. The van der Waals surface area contributed by atoms with E-state index in [1.165, 1.54) is 39.0 Å². The summed E-state index contributed by atoms with van der Waals surface area (Å²) < 4.78 is 6.00. The number of aromatic nitrogens is 1. The maximum absolute atomic E-state index is 6.00. The summed E-state index contributed by atoms with van der Waals surface area (Å²) in [5.41, 5.74) is 11.3. The predicted molar refractivity (Wildman–Crippen MR) is 160 cm³/mol. The summed E-state index contributed by atoms with van der Waals surface area (Å²) in [5.74, 6) is 1.94. The fraction of sp³-hybridized carbons (Fsp3) is 0.371. The lowest BCUT2D eigenvalue weighted by Crippen LogP contribution is -2.09. The van der Waals surface area contributed by atoms with Gasteiger partial charge in [-0.15, -0.1) is 6.58 Å². The van der Waals surface area contributed by atoms with Crippen LogP contribution in [0.4, 0.5) is 0 Å². The van der Waals surface area contributed by atoms with Crippen molar-refractivity contribution in [2.45, 2.75) is 59.3 Å². The van der Waals surface area contributed by atoms with Crippen LogP contribution in [0.25, 0.3) is 11.1 Å². The van der Waals surface area contributed by atoms with Gasteiger partial charge in [-0.25, -0.2) is 0 Å². The summed E-state index contributed by atoms with van der Waals surface area (Å²) >= 11 is 0. The van der Waals surface area contributed by atoms with Gasteiger partial charge in [0.2, 0.25) is 0 Å². The van der Waals surface area contributed by atoms with Crippen molar-refractivity contribution in [2.75, 3.05) is 13.2 Å². The van der Waals surface area contributed by atoms with Crippen LogP contribution in [0.1, 0.15) is 68.8 Å². The van der Waals surface area contributed by atoms with Gasteiger partial charge in [-0.2, -0.15) is 0 Å². The number of nitrogens with zero attached hydrogens (tertiary/aromatic N) is 2. The van der Waals surface area contributed by atoms with E-state index in [0.29, 0.717) is 18.4 Å². The fourth-order valence-corrected chi connectivity index (χ4v) is 5.91. The quantitative estimate of drug-likeness (QED) is 0.355. The molecule has 2 aromatic rings. The first-order valence-corrected chi connectivity index (χ1v) is 14.1. The summed E-state index contributed by atoms with van der Waals surface area (Å²) in [6.45, 7) is 12.0. The second kappa shape index (κ2) is 11.9. The van der Waals surface area contributed by atoms with E-state index in [4.69, 9.17) is 14.7 Å². The highest BCUT2D eigenvalue weighted by atomic mass is 16.5. The van der Waals surface area contributed by atoms with Gasteiger partial charge in [-0.1, -0.05) is 48.6 Å². The standard InChI is InChI=1S/C35H40N2O/c1-5-9-28-16-17-36-21-31(18-28)33-19-29(13-12-27-10-7-6-8-11-27)14-15-30-20-32(22-37-35(30)33)34-25(3)24(2)23-38-26(34)4/h5-8,10-11,18-22,28-29H,1,9,12-17,23H2,2-4H3. The Labute approximate surface area is 228 Å². The Bertz CT molecular complexity index is 1340. The minimum absolute atomic E-state index is 0.461. The topological polar surface area (TPSA) is 34.5 Å². The van der Waals surface area contributed by atoms with Gasteiger partial charge < -0.3 is 4.74 Å². The Morgan fingerprint density at radius 1 is 1.05 bits per heavy atom. The van der Waals surface area contributed by atoms with Crippen molar-refractivity contribution < 1.29 is 4.74 Å². The molecular weight excluding hydrogens is 464 g/mol. The number of aliphatic imine (C=N–C) groups is 1. The molecule has 38 heavy (non-hydrogen) atoms. The molecule has 0 spiro atoms. The van der Waals surface area contributed by atoms with Gasteiger partial charge in [-0.05, 0) is 105 Å². The third-order valence-electron chi connectivity index (χ3n) is 8.27. The first-order valence-electron chi connectivity index (χ1n) is 14.1. The molecule has 2 unspecified atom stereocenters. The molecule has 3 heterocycles. The minimum Gasteiger partial charge on any atom is -0.493 e. The maximum Gasteiger partial charge on any atom is 0.109 e. The van der Waals surface area contributed by atoms with Crippen LogP contribution in [0.15, 0.2) is 94.9 Å². The molecule has 1 aromatic heterocycles. The Morgan fingerprint density at radius 2 is 1.89 bits per heavy atom. The van der Waals surface area contributed by atoms with Gasteiger partial charge in [0.15, 0.2) is 0 Å². The van der Waals surface area contributed by atoms with Crippen molar-refractivity contribution in [3.8, 4) is 0 Å². The van der Waals surface area contributed by atoms with Crippen LogP contribution in [0.3, 0.4) is 0 Å². The van der Waals surface area contributed by atoms with E-state index in [9.17, 15) is 0 Å². The van der Waals surface area contributed by atoms with Gasteiger partial charge in [0.25, 0.3) is 0 Å². The second-order valence-electron chi connectivity index (χ2n) is 11.0. The van der Waals surface area contributed by atoms with Crippen LogP contribution < -0.4 is 0 Å². The summed E-state index contributed by atoms with van der Waals surface area (Å²) in [6.07, 6.45) is 17.5. The molecule has 2 atom stereocenters. The van der Waals surface area contributed by atoms with Crippen LogP contribution in [0.5, 0.6) is 0 Å².